The van der Waals surface area contributed by atoms with Crippen LogP contribution in [0.25, 0.3) is 0 Å². The van der Waals surface area contributed by atoms with E-state index in [1.165, 1.54) is 19.6 Å². The number of hydrogen-bond donors (Lipinski definition) is 1. The standard InChI is InChI=1S/C27H32O9/c1-13-15-10-24(4)21(14-7-8-33-12-14)34-18(29)11-26(13,24)35-17-9-16(28)23(2,3)20-19(22(30)32-6)36-27(15,31)25(17,20)5/h7-8,12,15,17,19-21,31H,1,9-11H2,2-6H3/t15-,17-,19+,20-,21-,24-,25-,26-,27-/m0/s1. The molecule has 0 radical (unpaired) electrons. The molecule has 1 aromatic rings. The van der Waals surface area contributed by atoms with Gasteiger partial charge in [-0.2, -0.15) is 0 Å². The van der Waals surface area contributed by atoms with Gasteiger partial charge < -0.3 is 28.5 Å². The molecule has 3 saturated heterocycles. The van der Waals surface area contributed by atoms with Crippen LogP contribution in [0.4, 0.5) is 0 Å². The second-order valence-electron chi connectivity index (χ2n) is 12.1. The number of rotatable bonds is 2. The van der Waals surface area contributed by atoms with Crippen molar-refractivity contribution in [2.75, 3.05) is 7.11 Å². The smallest absolute Gasteiger partial charge is 0.335 e. The van der Waals surface area contributed by atoms with Gasteiger partial charge in [0.1, 0.15) is 17.5 Å². The Balaban J connectivity index is 1.58. The second kappa shape index (κ2) is 6.88. The Labute approximate surface area is 209 Å². The number of carbonyl (C=O) groups is 3. The average Bonchev–Trinajstić information content (AvgIpc) is 3.47. The molecular formula is C27H32O9. The lowest BCUT2D eigenvalue weighted by atomic mass is 9.50. The number of furan rings is 1. The lowest BCUT2D eigenvalue weighted by Gasteiger charge is -2.58. The Kier molecular flexibility index (Phi) is 4.56. The fourth-order valence-corrected chi connectivity index (χ4v) is 8.45. The van der Waals surface area contributed by atoms with Crippen molar-refractivity contribution in [2.45, 2.75) is 76.7 Å². The van der Waals surface area contributed by atoms with E-state index in [0.717, 1.165) is 0 Å². The van der Waals surface area contributed by atoms with Crippen molar-refractivity contribution in [1.82, 2.24) is 0 Å². The summed E-state index contributed by atoms with van der Waals surface area (Å²) in [6.45, 7) is 11.7. The molecule has 0 aromatic carbocycles. The topological polar surface area (TPSA) is 122 Å². The summed E-state index contributed by atoms with van der Waals surface area (Å²) in [5, 5.41) is 12.6. The molecule has 1 aromatic heterocycles. The third-order valence-corrected chi connectivity index (χ3v) is 10.4. The molecule has 0 amide bonds. The Morgan fingerprint density at radius 3 is 2.56 bits per heavy atom. The number of hydrogen-bond acceptors (Lipinski definition) is 9. The summed E-state index contributed by atoms with van der Waals surface area (Å²) >= 11 is 0. The molecule has 2 aliphatic carbocycles. The van der Waals surface area contributed by atoms with Crippen LogP contribution in [0.3, 0.4) is 0 Å². The first-order chi connectivity index (χ1) is 16.8. The SMILES string of the molecule is C=C1[C@@H]2C[C@@]3(C)[C@H](c4ccoc4)OC(=O)C[C@]13O[C@H]1CC(=O)C(C)(C)[C@@H]3[C@H](C(=O)OC)O[C@]2(O)[C@@]13C. The fourth-order valence-electron chi connectivity index (χ4n) is 8.45. The van der Waals surface area contributed by atoms with Crippen LogP contribution in [0.15, 0.2) is 35.2 Å². The van der Waals surface area contributed by atoms with E-state index in [-0.39, 0.29) is 18.6 Å². The van der Waals surface area contributed by atoms with E-state index in [1.54, 1.807) is 19.9 Å². The van der Waals surface area contributed by atoms with Gasteiger partial charge in [-0.15, -0.1) is 0 Å². The van der Waals surface area contributed by atoms with Gasteiger partial charge in [-0.25, -0.2) is 4.79 Å². The normalized spacial score (nSPS) is 48.6. The zero-order valence-electron chi connectivity index (χ0n) is 21.2. The highest BCUT2D eigenvalue weighted by molar-refractivity contribution is 5.88. The average molecular weight is 501 g/mol. The number of Topliss-reactive ketones (excluding diaryl/α,β-unsaturated/α-hetero) is 1. The minimum Gasteiger partial charge on any atom is -0.472 e. The van der Waals surface area contributed by atoms with Gasteiger partial charge >= 0.3 is 11.9 Å². The van der Waals surface area contributed by atoms with E-state index < -0.39 is 69.7 Å². The quantitative estimate of drug-likeness (QED) is 0.482. The number of methoxy groups -OCH3 is 1. The molecule has 2 saturated carbocycles. The lowest BCUT2D eigenvalue weighted by Crippen LogP contribution is -2.66. The Hall–Kier alpha value is -2.49. The zero-order chi connectivity index (χ0) is 26.1. The third kappa shape index (κ3) is 2.40. The van der Waals surface area contributed by atoms with E-state index in [0.29, 0.717) is 17.6 Å². The van der Waals surface area contributed by atoms with Crippen molar-refractivity contribution in [3.8, 4) is 0 Å². The highest BCUT2D eigenvalue weighted by atomic mass is 16.7. The van der Waals surface area contributed by atoms with Crippen LogP contribution in [0.1, 0.15) is 58.6 Å². The number of ketones is 1. The number of esters is 2. The number of aliphatic hydroxyl groups is 1. The summed E-state index contributed by atoms with van der Waals surface area (Å²) in [5.74, 6) is -4.53. The zero-order valence-corrected chi connectivity index (χ0v) is 21.2. The van der Waals surface area contributed by atoms with E-state index in [1.807, 2.05) is 13.8 Å². The van der Waals surface area contributed by atoms with Gasteiger partial charge in [0.2, 0.25) is 0 Å². The first-order valence-electron chi connectivity index (χ1n) is 12.4. The first-order valence-corrected chi connectivity index (χ1v) is 12.4. The Morgan fingerprint density at radius 2 is 1.92 bits per heavy atom. The highest BCUT2D eigenvalue weighted by Crippen LogP contribution is 2.75. The minimum absolute atomic E-state index is 0.00279. The van der Waals surface area contributed by atoms with Crippen molar-refractivity contribution in [1.29, 1.82) is 0 Å². The predicted molar refractivity (Wildman–Crippen MR) is 122 cm³/mol. The van der Waals surface area contributed by atoms with E-state index >= 15 is 0 Å². The van der Waals surface area contributed by atoms with Gasteiger partial charge in [0.15, 0.2) is 11.9 Å². The van der Waals surface area contributed by atoms with Gasteiger partial charge in [-0.05, 0) is 18.1 Å². The van der Waals surface area contributed by atoms with Crippen LogP contribution in [0.5, 0.6) is 0 Å². The van der Waals surface area contributed by atoms with Crippen LogP contribution in [0.2, 0.25) is 0 Å². The molecule has 0 unspecified atom stereocenters. The molecule has 1 spiro atoms. The Morgan fingerprint density at radius 1 is 1.19 bits per heavy atom. The second-order valence-corrected chi connectivity index (χ2v) is 12.1. The van der Waals surface area contributed by atoms with Crippen molar-refractivity contribution in [2.24, 2.45) is 28.1 Å². The van der Waals surface area contributed by atoms with E-state index in [4.69, 9.17) is 23.4 Å². The predicted octanol–water partition coefficient (Wildman–Crippen LogP) is 2.87. The molecule has 4 heterocycles. The molecule has 9 heteroatoms. The van der Waals surface area contributed by atoms with Crippen LogP contribution >= 0.6 is 0 Å². The molecule has 6 rings (SSSR count). The largest absolute Gasteiger partial charge is 0.472 e. The van der Waals surface area contributed by atoms with Crippen molar-refractivity contribution in [3.63, 3.8) is 0 Å². The number of cyclic esters (lactones) is 1. The molecule has 9 nitrogen and oxygen atoms in total. The van der Waals surface area contributed by atoms with Crippen molar-refractivity contribution >= 4 is 17.7 Å². The Bertz CT molecular complexity index is 1190. The molecule has 194 valence electrons. The van der Waals surface area contributed by atoms with Crippen LogP contribution in [-0.2, 0) is 33.3 Å². The molecule has 1 N–H and O–H groups in total. The number of carbonyl (C=O) groups excluding carboxylic acids is 3. The maximum atomic E-state index is 13.5. The van der Waals surface area contributed by atoms with Crippen molar-refractivity contribution in [3.05, 3.63) is 36.3 Å². The summed E-state index contributed by atoms with van der Waals surface area (Å²) < 4.78 is 29.5. The third-order valence-electron chi connectivity index (χ3n) is 10.4. The van der Waals surface area contributed by atoms with Crippen LogP contribution in [0, 0.1) is 28.1 Å². The van der Waals surface area contributed by atoms with Gasteiger partial charge in [-0.1, -0.05) is 34.3 Å². The van der Waals surface area contributed by atoms with Gasteiger partial charge in [0.25, 0.3) is 0 Å². The molecule has 2 bridgehead atoms. The van der Waals surface area contributed by atoms with Gasteiger partial charge in [0.05, 0.1) is 37.6 Å². The number of fused-ring (bicyclic) bond motifs is 2. The van der Waals surface area contributed by atoms with E-state index in [9.17, 15) is 19.5 Å². The van der Waals surface area contributed by atoms with Crippen molar-refractivity contribution < 1.29 is 42.9 Å². The summed E-state index contributed by atoms with van der Waals surface area (Å²) in [6, 6.07) is 1.74. The van der Waals surface area contributed by atoms with Gasteiger partial charge in [0, 0.05) is 34.7 Å². The minimum atomic E-state index is -1.90. The molecular weight excluding hydrogens is 468 g/mol. The maximum absolute atomic E-state index is 13.5. The number of ether oxygens (including phenoxy) is 4. The lowest BCUT2D eigenvalue weighted by molar-refractivity contribution is -0.307. The molecule has 9 atom stereocenters. The van der Waals surface area contributed by atoms with Gasteiger partial charge in [-0.3, -0.25) is 9.59 Å². The summed E-state index contributed by atoms with van der Waals surface area (Å²) in [6.07, 6.45) is 0.535. The first kappa shape index (κ1) is 23.9. The fraction of sp³-hybridized carbons (Fsp3) is 0.667. The molecule has 5 fully saturated rings. The molecule has 5 aliphatic rings. The maximum Gasteiger partial charge on any atom is 0.335 e. The molecule has 36 heavy (non-hydrogen) atoms. The monoisotopic (exact) mass is 500 g/mol. The highest BCUT2D eigenvalue weighted by Gasteiger charge is 2.83. The summed E-state index contributed by atoms with van der Waals surface area (Å²) in [5.41, 5.74) is -3.02. The summed E-state index contributed by atoms with van der Waals surface area (Å²) in [7, 11) is 1.26. The molecule has 3 aliphatic heterocycles. The van der Waals surface area contributed by atoms with E-state index in [2.05, 4.69) is 6.58 Å². The summed E-state index contributed by atoms with van der Waals surface area (Å²) in [4.78, 5) is 39.5. The van der Waals surface area contributed by atoms with Crippen LogP contribution < -0.4 is 0 Å². The van der Waals surface area contributed by atoms with Crippen LogP contribution in [-0.4, -0.2) is 53.5 Å².